The number of benzene rings is 2. The van der Waals surface area contributed by atoms with Gasteiger partial charge in [0, 0.05) is 18.5 Å². The highest BCUT2D eigenvalue weighted by Crippen LogP contribution is 2.32. The Balaban J connectivity index is 1.75. The predicted octanol–water partition coefficient (Wildman–Crippen LogP) is 3.81. The predicted molar refractivity (Wildman–Crippen MR) is 110 cm³/mol. The summed E-state index contributed by atoms with van der Waals surface area (Å²) in [5, 5.41) is 3.60. The van der Waals surface area contributed by atoms with Crippen molar-refractivity contribution in [3.63, 3.8) is 0 Å². The van der Waals surface area contributed by atoms with Crippen molar-refractivity contribution in [3.05, 3.63) is 53.6 Å². The minimum Gasteiger partial charge on any atom is -0.495 e. The largest absolute Gasteiger partial charge is 0.495 e. The number of ether oxygens (including phenoxy) is 1. The summed E-state index contributed by atoms with van der Waals surface area (Å²) in [5.41, 5.74) is 1.21. The van der Waals surface area contributed by atoms with E-state index in [9.17, 15) is 9.59 Å². The number of amidine groups is 1. The molecule has 0 spiro atoms. The standard InChI is InChI=1S/C19H18ClN3O3S/c1-21-19(22-14-8-3-4-9-15(14)26-2)27-16-11-17(24)23(18(16)25)13-7-5-6-12(20)10-13/h3-10,16H,11H2,1-2H3,(H,21,22). The van der Waals surface area contributed by atoms with Crippen molar-refractivity contribution in [2.45, 2.75) is 11.7 Å². The maximum Gasteiger partial charge on any atom is 0.247 e. The minimum absolute atomic E-state index is 0.0998. The fourth-order valence-electron chi connectivity index (χ4n) is 2.72. The number of carbonyl (C=O) groups is 2. The molecule has 8 heteroatoms. The molecular weight excluding hydrogens is 386 g/mol. The Bertz CT molecular complexity index is 903. The molecule has 1 N–H and O–H groups in total. The zero-order chi connectivity index (χ0) is 19.4. The normalized spacial score (nSPS) is 17.4. The number of hydrogen-bond acceptors (Lipinski definition) is 5. The number of carbonyl (C=O) groups excluding carboxylic acids is 2. The van der Waals surface area contributed by atoms with Gasteiger partial charge < -0.3 is 10.1 Å². The molecule has 1 heterocycles. The van der Waals surface area contributed by atoms with Gasteiger partial charge in [-0.05, 0) is 30.3 Å². The van der Waals surface area contributed by atoms with Crippen LogP contribution in [0.25, 0.3) is 0 Å². The lowest BCUT2D eigenvalue weighted by atomic mass is 10.3. The number of amides is 2. The zero-order valence-electron chi connectivity index (χ0n) is 14.8. The molecule has 2 aromatic carbocycles. The van der Waals surface area contributed by atoms with E-state index in [2.05, 4.69) is 10.3 Å². The van der Waals surface area contributed by atoms with Crippen molar-refractivity contribution in [3.8, 4) is 5.75 Å². The number of anilines is 2. The van der Waals surface area contributed by atoms with Crippen LogP contribution in [-0.2, 0) is 9.59 Å². The Morgan fingerprint density at radius 2 is 2.04 bits per heavy atom. The van der Waals surface area contributed by atoms with Crippen molar-refractivity contribution < 1.29 is 14.3 Å². The lowest BCUT2D eigenvalue weighted by Crippen LogP contribution is -2.31. The zero-order valence-corrected chi connectivity index (χ0v) is 16.4. The molecule has 2 aromatic rings. The van der Waals surface area contributed by atoms with E-state index >= 15 is 0 Å². The molecule has 1 fully saturated rings. The van der Waals surface area contributed by atoms with Crippen molar-refractivity contribution in [2.24, 2.45) is 4.99 Å². The van der Waals surface area contributed by atoms with E-state index in [0.717, 1.165) is 5.69 Å². The van der Waals surface area contributed by atoms with Gasteiger partial charge in [0.1, 0.15) is 11.0 Å². The molecule has 0 aliphatic carbocycles. The maximum absolute atomic E-state index is 12.8. The monoisotopic (exact) mass is 403 g/mol. The van der Waals surface area contributed by atoms with Crippen LogP contribution < -0.4 is 15.0 Å². The molecule has 0 bridgehead atoms. The summed E-state index contributed by atoms with van der Waals surface area (Å²) in [6.07, 6.45) is 0.0998. The number of thioether (sulfide) groups is 1. The molecule has 3 rings (SSSR count). The molecule has 1 unspecified atom stereocenters. The Kier molecular flexibility index (Phi) is 6.03. The van der Waals surface area contributed by atoms with Crippen LogP contribution in [0.15, 0.2) is 53.5 Å². The van der Waals surface area contributed by atoms with E-state index in [1.165, 1.54) is 16.7 Å². The molecule has 0 aromatic heterocycles. The molecule has 6 nitrogen and oxygen atoms in total. The van der Waals surface area contributed by atoms with E-state index in [1.54, 1.807) is 38.4 Å². The summed E-state index contributed by atoms with van der Waals surface area (Å²) >= 11 is 7.20. The molecule has 27 heavy (non-hydrogen) atoms. The van der Waals surface area contributed by atoms with Crippen molar-refractivity contribution >= 4 is 51.7 Å². The van der Waals surface area contributed by atoms with Crippen LogP contribution in [0.1, 0.15) is 6.42 Å². The fraction of sp³-hybridized carbons (Fsp3) is 0.211. The third-order valence-electron chi connectivity index (χ3n) is 3.98. The second kappa shape index (κ2) is 8.45. The number of aliphatic imine (C=N–C) groups is 1. The summed E-state index contributed by atoms with van der Waals surface area (Å²) in [6, 6.07) is 14.1. The average molecular weight is 404 g/mol. The topological polar surface area (TPSA) is 71.0 Å². The highest BCUT2D eigenvalue weighted by Gasteiger charge is 2.40. The third-order valence-corrected chi connectivity index (χ3v) is 5.37. The van der Waals surface area contributed by atoms with Crippen LogP contribution in [0.3, 0.4) is 0 Å². The lowest BCUT2D eigenvalue weighted by Gasteiger charge is -2.16. The van der Waals surface area contributed by atoms with E-state index in [0.29, 0.717) is 21.6 Å². The lowest BCUT2D eigenvalue weighted by molar-refractivity contribution is -0.121. The van der Waals surface area contributed by atoms with Gasteiger partial charge in [-0.25, -0.2) is 4.90 Å². The molecule has 1 saturated heterocycles. The number of nitrogens with zero attached hydrogens (tertiary/aromatic N) is 2. The molecule has 2 amide bonds. The Morgan fingerprint density at radius 3 is 2.74 bits per heavy atom. The number of rotatable bonds is 4. The second-order valence-corrected chi connectivity index (χ2v) is 7.34. The molecule has 1 atom stereocenters. The fourth-order valence-corrected chi connectivity index (χ4v) is 3.88. The first-order chi connectivity index (χ1) is 13.0. The second-order valence-electron chi connectivity index (χ2n) is 5.71. The molecule has 0 saturated carbocycles. The molecule has 140 valence electrons. The summed E-state index contributed by atoms with van der Waals surface area (Å²) in [7, 11) is 3.21. The third kappa shape index (κ3) is 4.26. The summed E-state index contributed by atoms with van der Waals surface area (Å²) in [4.78, 5) is 30.6. The van der Waals surface area contributed by atoms with Gasteiger partial charge in [0.2, 0.25) is 11.8 Å². The van der Waals surface area contributed by atoms with E-state index in [-0.39, 0.29) is 18.2 Å². The summed E-state index contributed by atoms with van der Waals surface area (Å²) in [5.74, 6) is 0.122. The SMILES string of the molecule is CN=C(Nc1ccccc1OC)SC1CC(=O)N(c2cccc(Cl)c2)C1=O. The van der Waals surface area contributed by atoms with Crippen LogP contribution in [0, 0.1) is 0 Å². The van der Waals surface area contributed by atoms with Crippen LogP contribution in [-0.4, -0.2) is 36.4 Å². The average Bonchev–Trinajstić information content (AvgIpc) is 2.94. The summed E-state index contributed by atoms with van der Waals surface area (Å²) < 4.78 is 5.32. The highest BCUT2D eigenvalue weighted by molar-refractivity contribution is 8.15. The van der Waals surface area contributed by atoms with E-state index in [1.807, 2.05) is 24.3 Å². The van der Waals surface area contributed by atoms with E-state index in [4.69, 9.17) is 16.3 Å². The van der Waals surface area contributed by atoms with Crippen LogP contribution >= 0.6 is 23.4 Å². The van der Waals surface area contributed by atoms with E-state index < -0.39 is 5.25 Å². The van der Waals surface area contributed by atoms with Gasteiger partial charge in [-0.2, -0.15) is 0 Å². The first-order valence-electron chi connectivity index (χ1n) is 8.19. The Morgan fingerprint density at radius 1 is 1.26 bits per heavy atom. The van der Waals surface area contributed by atoms with Gasteiger partial charge in [-0.1, -0.05) is 41.6 Å². The Hall–Kier alpha value is -2.51. The van der Waals surface area contributed by atoms with Crippen LogP contribution in [0.2, 0.25) is 5.02 Å². The highest BCUT2D eigenvalue weighted by atomic mass is 35.5. The maximum atomic E-state index is 12.8. The Labute approximate surface area is 166 Å². The van der Waals surface area contributed by atoms with Crippen molar-refractivity contribution in [2.75, 3.05) is 24.4 Å². The smallest absolute Gasteiger partial charge is 0.247 e. The van der Waals surface area contributed by atoms with Gasteiger partial charge >= 0.3 is 0 Å². The molecule has 1 aliphatic rings. The molecular formula is C19H18ClN3O3S. The van der Waals surface area contributed by atoms with Gasteiger partial charge in [0.25, 0.3) is 0 Å². The van der Waals surface area contributed by atoms with Gasteiger partial charge in [-0.3, -0.25) is 14.6 Å². The quantitative estimate of drug-likeness (QED) is 0.477. The number of nitrogens with one attached hydrogen (secondary N) is 1. The van der Waals surface area contributed by atoms with Crippen molar-refractivity contribution in [1.82, 2.24) is 0 Å². The molecule has 0 radical (unpaired) electrons. The first kappa shape index (κ1) is 19.3. The number of para-hydroxylation sites is 2. The minimum atomic E-state index is -0.558. The van der Waals surface area contributed by atoms with Crippen LogP contribution in [0.4, 0.5) is 11.4 Å². The summed E-state index contributed by atoms with van der Waals surface area (Å²) in [6.45, 7) is 0. The van der Waals surface area contributed by atoms with Crippen LogP contribution in [0.5, 0.6) is 5.75 Å². The first-order valence-corrected chi connectivity index (χ1v) is 9.45. The van der Waals surface area contributed by atoms with Gasteiger partial charge in [0.15, 0.2) is 5.17 Å². The van der Waals surface area contributed by atoms with Crippen molar-refractivity contribution in [1.29, 1.82) is 0 Å². The number of halogens is 1. The van der Waals surface area contributed by atoms with Gasteiger partial charge in [-0.15, -0.1) is 0 Å². The number of methoxy groups -OCH3 is 1. The molecule has 1 aliphatic heterocycles. The number of hydrogen-bond donors (Lipinski definition) is 1. The van der Waals surface area contributed by atoms with Gasteiger partial charge in [0.05, 0.1) is 18.5 Å². The number of imide groups is 1.